The standard InChI is InChI=1S/C15H18N4O2/c1-10-17-13(19-18-10)11-3-5-12(6-4-11)14(20)16-9-15(21)7-2-8-15/h3-6,21H,2,7-9H2,1H3,(H,16,20)(H,17,18,19). The highest BCUT2D eigenvalue weighted by molar-refractivity contribution is 5.94. The number of nitrogens with one attached hydrogen (secondary N) is 2. The highest BCUT2D eigenvalue weighted by Gasteiger charge is 2.34. The fraction of sp³-hybridized carbons (Fsp3) is 0.400. The number of aromatic amines is 1. The van der Waals surface area contributed by atoms with E-state index in [1.165, 1.54) is 0 Å². The number of rotatable bonds is 4. The minimum atomic E-state index is -0.702. The molecule has 0 aliphatic heterocycles. The molecule has 2 aromatic rings. The Kier molecular flexibility index (Phi) is 3.47. The molecule has 0 bridgehead atoms. The highest BCUT2D eigenvalue weighted by Crippen LogP contribution is 2.30. The maximum absolute atomic E-state index is 12.0. The van der Waals surface area contributed by atoms with Crippen LogP contribution in [0.1, 0.15) is 35.4 Å². The molecule has 1 aliphatic carbocycles. The van der Waals surface area contributed by atoms with Crippen LogP contribution < -0.4 is 5.32 Å². The number of H-pyrrole nitrogens is 1. The second-order valence-electron chi connectivity index (χ2n) is 5.58. The Balaban J connectivity index is 1.64. The average molecular weight is 286 g/mol. The summed E-state index contributed by atoms with van der Waals surface area (Å²) < 4.78 is 0. The molecule has 3 rings (SSSR count). The van der Waals surface area contributed by atoms with Gasteiger partial charge < -0.3 is 10.4 Å². The zero-order chi connectivity index (χ0) is 14.9. The van der Waals surface area contributed by atoms with Crippen molar-refractivity contribution in [3.05, 3.63) is 35.7 Å². The lowest BCUT2D eigenvalue weighted by Gasteiger charge is -2.36. The average Bonchev–Trinajstić information content (AvgIpc) is 2.89. The smallest absolute Gasteiger partial charge is 0.251 e. The molecule has 1 amide bonds. The molecule has 0 radical (unpaired) electrons. The number of amides is 1. The third-order valence-corrected chi connectivity index (χ3v) is 3.86. The molecular weight excluding hydrogens is 268 g/mol. The van der Waals surface area contributed by atoms with Crippen LogP contribution in [0.15, 0.2) is 24.3 Å². The Bertz CT molecular complexity index is 644. The van der Waals surface area contributed by atoms with E-state index in [4.69, 9.17) is 0 Å². The number of aromatic nitrogens is 3. The summed E-state index contributed by atoms with van der Waals surface area (Å²) in [6.45, 7) is 2.15. The van der Waals surface area contributed by atoms with Crippen molar-refractivity contribution in [1.29, 1.82) is 0 Å². The molecule has 0 spiro atoms. The van der Waals surface area contributed by atoms with Crippen LogP contribution in [0.2, 0.25) is 0 Å². The van der Waals surface area contributed by atoms with Crippen molar-refractivity contribution in [3.8, 4) is 11.4 Å². The molecular formula is C15H18N4O2. The van der Waals surface area contributed by atoms with Crippen molar-refractivity contribution < 1.29 is 9.90 Å². The number of hydrogen-bond acceptors (Lipinski definition) is 4. The van der Waals surface area contributed by atoms with E-state index in [0.29, 0.717) is 17.9 Å². The van der Waals surface area contributed by atoms with E-state index in [1.807, 2.05) is 19.1 Å². The largest absolute Gasteiger partial charge is 0.388 e. The fourth-order valence-corrected chi connectivity index (χ4v) is 2.35. The van der Waals surface area contributed by atoms with Gasteiger partial charge in [0.15, 0.2) is 5.82 Å². The Morgan fingerprint density at radius 1 is 1.38 bits per heavy atom. The van der Waals surface area contributed by atoms with E-state index in [2.05, 4.69) is 20.5 Å². The molecule has 1 heterocycles. The van der Waals surface area contributed by atoms with Crippen molar-refractivity contribution >= 4 is 5.91 Å². The van der Waals surface area contributed by atoms with Crippen LogP contribution in [0.3, 0.4) is 0 Å². The van der Waals surface area contributed by atoms with Gasteiger partial charge in [0, 0.05) is 17.7 Å². The molecule has 0 unspecified atom stereocenters. The molecule has 110 valence electrons. The van der Waals surface area contributed by atoms with Crippen molar-refractivity contribution in [1.82, 2.24) is 20.5 Å². The minimum Gasteiger partial charge on any atom is -0.388 e. The van der Waals surface area contributed by atoms with Crippen molar-refractivity contribution in [2.75, 3.05) is 6.54 Å². The number of aryl methyl sites for hydroxylation is 1. The van der Waals surface area contributed by atoms with Crippen LogP contribution in [-0.2, 0) is 0 Å². The van der Waals surface area contributed by atoms with Crippen LogP contribution in [-0.4, -0.2) is 38.3 Å². The predicted molar refractivity (Wildman–Crippen MR) is 77.7 cm³/mol. The predicted octanol–water partition coefficient (Wildman–Crippen LogP) is 1.42. The minimum absolute atomic E-state index is 0.173. The van der Waals surface area contributed by atoms with E-state index in [-0.39, 0.29) is 5.91 Å². The summed E-state index contributed by atoms with van der Waals surface area (Å²) in [5.41, 5.74) is 0.717. The first-order chi connectivity index (χ1) is 10.1. The number of aliphatic hydroxyl groups is 1. The number of hydrogen-bond donors (Lipinski definition) is 3. The maximum atomic E-state index is 12.0. The summed E-state index contributed by atoms with van der Waals surface area (Å²) >= 11 is 0. The second-order valence-corrected chi connectivity index (χ2v) is 5.58. The molecule has 1 aromatic carbocycles. The van der Waals surface area contributed by atoms with Gasteiger partial charge in [-0.1, -0.05) is 12.1 Å². The molecule has 6 heteroatoms. The van der Waals surface area contributed by atoms with Crippen LogP contribution in [0.4, 0.5) is 0 Å². The van der Waals surface area contributed by atoms with Gasteiger partial charge in [0.1, 0.15) is 5.82 Å². The van der Waals surface area contributed by atoms with Gasteiger partial charge in [-0.2, -0.15) is 5.10 Å². The Hall–Kier alpha value is -2.21. The van der Waals surface area contributed by atoms with E-state index in [1.54, 1.807) is 12.1 Å². The molecule has 6 nitrogen and oxygen atoms in total. The topological polar surface area (TPSA) is 90.9 Å². The summed E-state index contributed by atoms with van der Waals surface area (Å²) in [4.78, 5) is 16.3. The molecule has 0 atom stereocenters. The molecule has 0 saturated heterocycles. The SMILES string of the molecule is Cc1nc(-c2ccc(C(=O)NCC3(O)CCC3)cc2)n[nH]1. The summed E-state index contributed by atoms with van der Waals surface area (Å²) in [6, 6.07) is 7.10. The lowest BCUT2D eigenvalue weighted by Crippen LogP contribution is -2.47. The molecule has 3 N–H and O–H groups in total. The Morgan fingerprint density at radius 2 is 2.10 bits per heavy atom. The normalized spacial score (nSPS) is 16.3. The summed E-state index contributed by atoms with van der Waals surface area (Å²) in [6.07, 6.45) is 2.55. The van der Waals surface area contributed by atoms with Gasteiger partial charge in [-0.05, 0) is 38.3 Å². The van der Waals surface area contributed by atoms with Crippen LogP contribution in [0.5, 0.6) is 0 Å². The first kappa shape index (κ1) is 13.8. The van der Waals surface area contributed by atoms with Crippen LogP contribution in [0.25, 0.3) is 11.4 Å². The van der Waals surface area contributed by atoms with Gasteiger partial charge in [0.25, 0.3) is 5.91 Å². The Morgan fingerprint density at radius 3 is 2.62 bits per heavy atom. The van der Waals surface area contributed by atoms with Crippen molar-refractivity contribution in [2.45, 2.75) is 31.8 Å². The monoisotopic (exact) mass is 286 g/mol. The lowest BCUT2D eigenvalue weighted by atomic mass is 9.80. The molecule has 1 aliphatic rings. The molecule has 21 heavy (non-hydrogen) atoms. The first-order valence-corrected chi connectivity index (χ1v) is 7.06. The second kappa shape index (κ2) is 5.29. The third kappa shape index (κ3) is 2.95. The number of carbonyl (C=O) groups is 1. The van der Waals surface area contributed by atoms with E-state index >= 15 is 0 Å². The zero-order valence-electron chi connectivity index (χ0n) is 11.9. The molecule has 1 saturated carbocycles. The molecule has 1 aromatic heterocycles. The summed E-state index contributed by atoms with van der Waals surface area (Å²) in [7, 11) is 0. The highest BCUT2D eigenvalue weighted by atomic mass is 16.3. The number of benzene rings is 1. The van der Waals surface area contributed by atoms with Gasteiger partial charge in [-0.15, -0.1) is 0 Å². The fourth-order valence-electron chi connectivity index (χ4n) is 2.35. The van der Waals surface area contributed by atoms with Gasteiger partial charge in [0.2, 0.25) is 0 Å². The Labute approximate surface area is 122 Å². The lowest BCUT2D eigenvalue weighted by molar-refractivity contribution is -0.0300. The van der Waals surface area contributed by atoms with Gasteiger partial charge in [-0.3, -0.25) is 9.89 Å². The van der Waals surface area contributed by atoms with Crippen molar-refractivity contribution in [2.24, 2.45) is 0 Å². The van der Waals surface area contributed by atoms with Crippen LogP contribution >= 0.6 is 0 Å². The van der Waals surface area contributed by atoms with Crippen molar-refractivity contribution in [3.63, 3.8) is 0 Å². The maximum Gasteiger partial charge on any atom is 0.251 e. The van der Waals surface area contributed by atoms with E-state index < -0.39 is 5.60 Å². The first-order valence-electron chi connectivity index (χ1n) is 7.06. The van der Waals surface area contributed by atoms with Crippen LogP contribution in [0, 0.1) is 6.92 Å². The third-order valence-electron chi connectivity index (χ3n) is 3.86. The zero-order valence-corrected chi connectivity index (χ0v) is 11.9. The van der Waals surface area contributed by atoms with E-state index in [0.717, 1.165) is 30.7 Å². The quantitative estimate of drug-likeness (QED) is 0.793. The van der Waals surface area contributed by atoms with E-state index in [9.17, 15) is 9.90 Å². The number of carbonyl (C=O) groups excluding carboxylic acids is 1. The molecule has 1 fully saturated rings. The number of nitrogens with zero attached hydrogens (tertiary/aromatic N) is 2. The summed E-state index contributed by atoms with van der Waals surface area (Å²) in [5, 5.41) is 19.6. The summed E-state index contributed by atoms with van der Waals surface area (Å²) in [5.74, 6) is 1.19. The van der Waals surface area contributed by atoms with Gasteiger partial charge >= 0.3 is 0 Å². The van der Waals surface area contributed by atoms with Gasteiger partial charge in [0.05, 0.1) is 5.60 Å². The van der Waals surface area contributed by atoms with Gasteiger partial charge in [-0.25, -0.2) is 4.98 Å².